The molecule has 0 aliphatic rings. The quantitative estimate of drug-likeness (QED) is 0.472. The van der Waals surface area contributed by atoms with Crippen LogP contribution >= 0.6 is 0 Å². The fourth-order valence-electron chi connectivity index (χ4n) is 2.29. The number of nitrogens with zero attached hydrogens (tertiary/aromatic N) is 2. The Bertz CT molecular complexity index is 1100. The van der Waals surface area contributed by atoms with Crippen molar-refractivity contribution >= 4 is 33.3 Å². The van der Waals surface area contributed by atoms with Crippen LogP contribution in [0.3, 0.4) is 0 Å². The summed E-state index contributed by atoms with van der Waals surface area (Å²) in [5.41, 5.74) is 13.2. The zero-order valence-electron chi connectivity index (χ0n) is 15.8. The average Bonchev–Trinajstić information content (AvgIpc) is 2.61. The lowest BCUT2D eigenvalue weighted by Crippen LogP contribution is -2.15. The molecule has 0 fully saturated rings. The molecule has 1 aromatic heterocycles. The van der Waals surface area contributed by atoms with Crippen LogP contribution in [0.15, 0.2) is 59.5 Å². The number of carboxylic acid groups (broad SMARTS) is 1. The van der Waals surface area contributed by atoms with Crippen molar-refractivity contribution in [3.05, 3.63) is 71.5 Å². The van der Waals surface area contributed by atoms with Gasteiger partial charge in [-0.15, -0.1) is 0 Å². The number of nitrogens with two attached hydrogens (primary N) is 2. The van der Waals surface area contributed by atoms with Crippen LogP contribution in [0, 0.1) is 13.8 Å². The third-order valence-electron chi connectivity index (χ3n) is 3.59. The van der Waals surface area contributed by atoms with Gasteiger partial charge in [-0.1, -0.05) is 12.1 Å². The lowest BCUT2D eigenvalue weighted by atomic mass is 10.2. The molecule has 0 bridgehead atoms. The van der Waals surface area contributed by atoms with Crippen molar-refractivity contribution in [2.75, 3.05) is 16.2 Å². The van der Waals surface area contributed by atoms with Crippen molar-refractivity contribution in [3.8, 4) is 0 Å². The average molecular weight is 415 g/mol. The van der Waals surface area contributed by atoms with Gasteiger partial charge in [-0.05, 0) is 56.3 Å². The molecule has 6 N–H and O–H groups in total. The first-order valence-electron chi connectivity index (χ1n) is 8.37. The number of para-hydroxylation sites is 1. The van der Waals surface area contributed by atoms with Crippen molar-refractivity contribution in [1.29, 1.82) is 0 Å². The van der Waals surface area contributed by atoms with E-state index in [1.807, 2.05) is 0 Å². The first-order valence-corrected chi connectivity index (χ1v) is 9.85. The molecule has 0 atom stereocenters. The summed E-state index contributed by atoms with van der Waals surface area (Å²) in [6.45, 7) is 3.55. The number of benzene rings is 2. The Hall–Kier alpha value is -3.66. The van der Waals surface area contributed by atoms with Gasteiger partial charge < -0.3 is 16.6 Å². The second kappa shape index (κ2) is 9.02. The van der Waals surface area contributed by atoms with Crippen LogP contribution in [0.5, 0.6) is 0 Å². The van der Waals surface area contributed by atoms with E-state index in [9.17, 15) is 13.2 Å². The number of anilines is 3. The Labute approximate surface area is 168 Å². The molecule has 3 aromatic rings. The number of aromatic carboxylic acids is 1. The Morgan fingerprint density at radius 3 is 2.00 bits per heavy atom. The van der Waals surface area contributed by atoms with E-state index >= 15 is 0 Å². The maximum atomic E-state index is 12.1. The second-order valence-electron chi connectivity index (χ2n) is 6.04. The molecule has 0 spiro atoms. The number of sulfonamides is 1. The summed E-state index contributed by atoms with van der Waals surface area (Å²) in [4.78, 5) is 18.5. The minimum atomic E-state index is -3.69. The maximum absolute atomic E-state index is 12.1. The van der Waals surface area contributed by atoms with Gasteiger partial charge in [0, 0.05) is 22.8 Å². The molecule has 0 saturated carbocycles. The highest BCUT2D eigenvalue weighted by atomic mass is 32.2. The van der Waals surface area contributed by atoms with E-state index < -0.39 is 16.0 Å². The van der Waals surface area contributed by atoms with E-state index in [0.717, 1.165) is 0 Å². The van der Waals surface area contributed by atoms with Gasteiger partial charge in [-0.3, -0.25) is 0 Å². The fourth-order valence-corrected chi connectivity index (χ4v) is 3.23. The summed E-state index contributed by atoms with van der Waals surface area (Å²) in [5, 5.41) is 8.49. The number of hydrogen-bond donors (Lipinski definition) is 4. The number of hydrogen-bond acceptors (Lipinski definition) is 7. The number of carbonyl (C=O) groups is 1. The second-order valence-corrected chi connectivity index (χ2v) is 7.72. The van der Waals surface area contributed by atoms with Crippen molar-refractivity contribution in [2.45, 2.75) is 18.7 Å². The van der Waals surface area contributed by atoms with E-state index in [1.54, 1.807) is 38.1 Å². The van der Waals surface area contributed by atoms with E-state index in [2.05, 4.69) is 14.7 Å². The first kappa shape index (κ1) is 21.6. The van der Waals surface area contributed by atoms with E-state index in [1.165, 1.54) is 30.3 Å². The Morgan fingerprint density at radius 2 is 1.52 bits per heavy atom. The number of nitrogen functional groups attached to an aromatic ring is 2. The molecule has 0 radical (unpaired) electrons. The molecule has 3 rings (SSSR count). The number of aromatic nitrogens is 2. The summed E-state index contributed by atoms with van der Waals surface area (Å²) in [6, 6.07) is 14.0. The Morgan fingerprint density at radius 1 is 0.966 bits per heavy atom. The Balaban J connectivity index is 0.000000253. The van der Waals surface area contributed by atoms with E-state index in [-0.39, 0.29) is 16.4 Å². The van der Waals surface area contributed by atoms with Crippen LogP contribution in [0.2, 0.25) is 0 Å². The van der Waals surface area contributed by atoms with Gasteiger partial charge in [-0.25, -0.2) is 27.9 Å². The minimum Gasteiger partial charge on any atom is -0.478 e. The molecular formula is C19H21N5O4S. The van der Waals surface area contributed by atoms with Crippen molar-refractivity contribution < 1.29 is 18.3 Å². The highest BCUT2D eigenvalue weighted by Crippen LogP contribution is 2.15. The molecule has 0 aliphatic heterocycles. The van der Waals surface area contributed by atoms with Crippen LogP contribution in [0.25, 0.3) is 0 Å². The van der Waals surface area contributed by atoms with Crippen LogP contribution in [-0.4, -0.2) is 29.5 Å². The van der Waals surface area contributed by atoms with Gasteiger partial charge in [0.15, 0.2) is 0 Å². The Kier molecular flexibility index (Phi) is 6.73. The molecule has 2 aromatic carbocycles. The molecule has 9 nitrogen and oxygen atoms in total. The van der Waals surface area contributed by atoms with Gasteiger partial charge in [0.2, 0.25) is 5.95 Å². The molecule has 0 unspecified atom stereocenters. The number of carboxylic acids is 1. The third-order valence-corrected chi connectivity index (χ3v) is 4.93. The molecule has 0 amide bonds. The summed E-state index contributed by atoms with van der Waals surface area (Å²) < 4.78 is 26.6. The topological polar surface area (TPSA) is 161 Å². The summed E-state index contributed by atoms with van der Waals surface area (Å²) >= 11 is 0. The molecule has 10 heteroatoms. The van der Waals surface area contributed by atoms with Crippen LogP contribution in [-0.2, 0) is 10.0 Å². The fraction of sp³-hybridized carbons (Fsp3) is 0.105. The predicted molar refractivity (Wildman–Crippen MR) is 111 cm³/mol. The minimum absolute atomic E-state index is 0.0642. The zero-order valence-corrected chi connectivity index (χ0v) is 16.6. The highest BCUT2D eigenvalue weighted by Gasteiger charge is 2.15. The number of rotatable bonds is 4. The van der Waals surface area contributed by atoms with Gasteiger partial charge >= 0.3 is 5.97 Å². The largest absolute Gasteiger partial charge is 0.478 e. The van der Waals surface area contributed by atoms with E-state index in [4.69, 9.17) is 16.6 Å². The lowest BCUT2D eigenvalue weighted by Gasteiger charge is -2.08. The number of nitrogens with one attached hydrogen (secondary N) is 1. The van der Waals surface area contributed by atoms with Gasteiger partial charge in [0.25, 0.3) is 10.0 Å². The van der Waals surface area contributed by atoms with Crippen molar-refractivity contribution in [3.63, 3.8) is 0 Å². The van der Waals surface area contributed by atoms with Crippen molar-refractivity contribution in [1.82, 2.24) is 9.97 Å². The smallest absolute Gasteiger partial charge is 0.337 e. The summed E-state index contributed by atoms with van der Waals surface area (Å²) in [7, 11) is -3.69. The predicted octanol–water partition coefficient (Wildman–Crippen LogP) is 2.44. The monoisotopic (exact) mass is 415 g/mol. The summed E-state index contributed by atoms with van der Waals surface area (Å²) in [6.07, 6.45) is 0. The molecule has 29 heavy (non-hydrogen) atoms. The van der Waals surface area contributed by atoms with E-state index in [0.29, 0.717) is 22.8 Å². The van der Waals surface area contributed by atoms with Gasteiger partial charge in [0.1, 0.15) is 0 Å². The lowest BCUT2D eigenvalue weighted by molar-refractivity contribution is 0.0698. The van der Waals surface area contributed by atoms with Crippen molar-refractivity contribution in [2.24, 2.45) is 0 Å². The number of aryl methyl sites for hydroxylation is 2. The molecule has 0 saturated heterocycles. The molecule has 1 heterocycles. The van der Waals surface area contributed by atoms with Gasteiger partial charge in [0.05, 0.1) is 10.5 Å². The van der Waals surface area contributed by atoms with Gasteiger partial charge in [-0.2, -0.15) is 0 Å². The van der Waals surface area contributed by atoms with Crippen LogP contribution < -0.4 is 16.2 Å². The highest BCUT2D eigenvalue weighted by molar-refractivity contribution is 7.92. The zero-order chi connectivity index (χ0) is 21.6. The molecule has 152 valence electrons. The maximum Gasteiger partial charge on any atom is 0.337 e. The first-order chi connectivity index (χ1) is 13.6. The SMILES string of the molecule is Cc1cc(C)nc(NS(=O)(=O)c2ccc(N)cc2)n1.Nc1ccccc1C(=O)O. The van der Waals surface area contributed by atoms with Crippen LogP contribution in [0.1, 0.15) is 21.7 Å². The molecule has 0 aliphatic carbocycles. The third kappa shape index (κ3) is 6.18. The van der Waals surface area contributed by atoms with Crippen LogP contribution in [0.4, 0.5) is 17.3 Å². The summed E-state index contributed by atoms with van der Waals surface area (Å²) in [5.74, 6) is -0.924. The standard InChI is InChI=1S/C12H14N4O2S.C7H7NO2/c1-8-7-9(2)15-12(14-8)16-19(17,18)11-5-3-10(13)4-6-11;8-6-4-2-1-3-5(6)7(9)10/h3-7H,13H2,1-2H3,(H,14,15,16);1-4H,8H2,(H,9,10). The normalized spacial score (nSPS) is 10.6. The molecular weight excluding hydrogens is 394 g/mol.